The van der Waals surface area contributed by atoms with E-state index in [0.29, 0.717) is 31.3 Å². The van der Waals surface area contributed by atoms with Gasteiger partial charge in [0.05, 0.1) is 30.7 Å². The van der Waals surface area contributed by atoms with Crippen molar-refractivity contribution in [1.82, 2.24) is 19.9 Å². The Labute approximate surface area is 146 Å². The van der Waals surface area contributed by atoms with Crippen molar-refractivity contribution < 1.29 is 9.53 Å². The molecule has 2 amide bonds. The number of nitrogens with one attached hydrogen (secondary N) is 1. The summed E-state index contributed by atoms with van der Waals surface area (Å²) in [7, 11) is 3.77. The number of pyridine rings is 1. The number of anilines is 2. The molecular weight excluding hydrogens is 320 g/mol. The maximum atomic E-state index is 12.6. The minimum Gasteiger partial charge on any atom is -0.368 e. The van der Waals surface area contributed by atoms with Gasteiger partial charge in [0.2, 0.25) is 5.95 Å². The molecule has 0 radical (unpaired) electrons. The fraction of sp³-hybridized carbons (Fsp3) is 0.412. The molecule has 1 fully saturated rings. The summed E-state index contributed by atoms with van der Waals surface area (Å²) in [5.74, 6) is 0.619. The normalized spacial score (nSPS) is 17.2. The minimum atomic E-state index is -0.267. The Morgan fingerprint density at radius 3 is 2.96 bits per heavy atom. The molecule has 132 valence electrons. The number of rotatable bonds is 3. The molecule has 1 aliphatic rings. The topological polar surface area (TPSA) is 83.5 Å². The molecule has 25 heavy (non-hydrogen) atoms. The van der Waals surface area contributed by atoms with E-state index in [9.17, 15) is 4.79 Å². The number of aromatic nitrogens is 3. The van der Waals surface area contributed by atoms with Gasteiger partial charge in [-0.15, -0.1) is 0 Å². The van der Waals surface area contributed by atoms with E-state index in [0.717, 1.165) is 11.3 Å². The number of morpholine rings is 1. The smallest absolute Gasteiger partial charge is 0.322 e. The third-order valence-electron chi connectivity index (χ3n) is 4.03. The lowest BCUT2D eigenvalue weighted by molar-refractivity contribution is -0.0157. The largest absolute Gasteiger partial charge is 0.368 e. The second kappa shape index (κ2) is 7.43. The Morgan fingerprint density at radius 1 is 1.36 bits per heavy atom. The number of carbonyl (C=O) groups excluding carboxylic acids is 1. The Kier molecular flexibility index (Phi) is 5.08. The average Bonchev–Trinajstić information content (AvgIpc) is 2.64. The number of carbonyl (C=O) groups is 1. The first-order valence-electron chi connectivity index (χ1n) is 8.13. The highest BCUT2D eigenvalue weighted by atomic mass is 16.5. The van der Waals surface area contributed by atoms with Gasteiger partial charge in [-0.3, -0.25) is 4.98 Å². The van der Waals surface area contributed by atoms with Crippen LogP contribution >= 0.6 is 0 Å². The SMILES string of the molecule is Cc1ccncc1NC(=O)N1CCO[C@H](c2ccnc(N(C)C)n2)C1. The van der Waals surface area contributed by atoms with E-state index in [-0.39, 0.29) is 12.1 Å². The molecule has 0 bridgehead atoms. The first kappa shape index (κ1) is 17.1. The van der Waals surface area contributed by atoms with Crippen molar-refractivity contribution in [2.75, 3.05) is 44.0 Å². The Bertz CT molecular complexity index is 751. The fourth-order valence-electron chi connectivity index (χ4n) is 2.56. The standard InChI is InChI=1S/C17H22N6O2/c1-12-4-6-18-10-14(12)21-17(24)23-8-9-25-15(11-23)13-5-7-19-16(20-13)22(2)3/h4-7,10,15H,8-9,11H2,1-3H3,(H,21,24)/t15-/m0/s1. The van der Waals surface area contributed by atoms with Gasteiger partial charge in [-0.2, -0.15) is 0 Å². The third kappa shape index (κ3) is 4.03. The fourth-order valence-corrected chi connectivity index (χ4v) is 2.56. The molecule has 3 rings (SSSR count). The number of ether oxygens (including phenoxy) is 1. The quantitative estimate of drug-likeness (QED) is 0.916. The van der Waals surface area contributed by atoms with E-state index in [2.05, 4.69) is 20.3 Å². The summed E-state index contributed by atoms with van der Waals surface area (Å²) in [6.07, 6.45) is 4.79. The van der Waals surface area contributed by atoms with E-state index in [1.54, 1.807) is 23.5 Å². The van der Waals surface area contributed by atoms with Crippen molar-refractivity contribution >= 4 is 17.7 Å². The van der Waals surface area contributed by atoms with Gasteiger partial charge in [-0.1, -0.05) is 0 Å². The van der Waals surface area contributed by atoms with Gasteiger partial charge in [-0.25, -0.2) is 14.8 Å². The summed E-state index contributed by atoms with van der Waals surface area (Å²) in [4.78, 5) is 28.9. The van der Waals surface area contributed by atoms with Crippen LogP contribution in [-0.2, 0) is 4.74 Å². The molecule has 0 saturated carbocycles. The summed E-state index contributed by atoms with van der Waals surface area (Å²) in [6.45, 7) is 3.37. The Morgan fingerprint density at radius 2 is 2.20 bits per heavy atom. The van der Waals surface area contributed by atoms with Crippen LogP contribution in [0.25, 0.3) is 0 Å². The van der Waals surface area contributed by atoms with Crippen molar-refractivity contribution in [2.45, 2.75) is 13.0 Å². The predicted octanol–water partition coefficient (Wildman–Crippen LogP) is 1.85. The van der Waals surface area contributed by atoms with Gasteiger partial charge < -0.3 is 19.9 Å². The number of nitrogens with zero attached hydrogens (tertiary/aromatic N) is 5. The van der Waals surface area contributed by atoms with E-state index in [1.165, 1.54) is 0 Å². The second-order valence-corrected chi connectivity index (χ2v) is 6.10. The molecule has 0 spiro atoms. The maximum Gasteiger partial charge on any atom is 0.322 e. The summed E-state index contributed by atoms with van der Waals surface area (Å²) in [5.41, 5.74) is 2.46. The van der Waals surface area contributed by atoms with Crippen LogP contribution in [0.3, 0.4) is 0 Å². The van der Waals surface area contributed by atoms with Gasteiger partial charge in [0.25, 0.3) is 0 Å². The number of aryl methyl sites for hydroxylation is 1. The molecule has 2 aromatic rings. The molecule has 1 atom stereocenters. The second-order valence-electron chi connectivity index (χ2n) is 6.10. The monoisotopic (exact) mass is 342 g/mol. The van der Waals surface area contributed by atoms with Gasteiger partial charge in [0.1, 0.15) is 6.10 Å². The highest BCUT2D eigenvalue weighted by Gasteiger charge is 2.27. The molecule has 3 heterocycles. The van der Waals surface area contributed by atoms with E-state index < -0.39 is 0 Å². The number of hydrogen-bond donors (Lipinski definition) is 1. The zero-order valence-electron chi connectivity index (χ0n) is 14.6. The lowest BCUT2D eigenvalue weighted by Gasteiger charge is -2.32. The highest BCUT2D eigenvalue weighted by molar-refractivity contribution is 5.90. The summed E-state index contributed by atoms with van der Waals surface area (Å²) < 4.78 is 5.81. The summed E-state index contributed by atoms with van der Waals surface area (Å²) in [5, 5.41) is 2.91. The number of urea groups is 1. The molecule has 0 unspecified atom stereocenters. The zero-order chi connectivity index (χ0) is 17.8. The van der Waals surface area contributed by atoms with Crippen LogP contribution in [-0.4, -0.2) is 59.7 Å². The van der Waals surface area contributed by atoms with Crippen molar-refractivity contribution in [3.05, 3.63) is 42.0 Å². The van der Waals surface area contributed by atoms with Crippen LogP contribution in [0.2, 0.25) is 0 Å². The molecular formula is C17H22N6O2. The van der Waals surface area contributed by atoms with E-state index in [1.807, 2.05) is 38.1 Å². The lowest BCUT2D eigenvalue weighted by atomic mass is 10.2. The first-order chi connectivity index (χ1) is 12.0. The molecule has 2 aromatic heterocycles. The molecule has 0 aliphatic carbocycles. The molecule has 1 aliphatic heterocycles. The third-order valence-corrected chi connectivity index (χ3v) is 4.03. The summed E-state index contributed by atoms with van der Waals surface area (Å²) >= 11 is 0. The van der Waals surface area contributed by atoms with Gasteiger partial charge >= 0.3 is 6.03 Å². The van der Waals surface area contributed by atoms with Crippen molar-refractivity contribution in [1.29, 1.82) is 0 Å². The lowest BCUT2D eigenvalue weighted by Crippen LogP contribution is -2.44. The van der Waals surface area contributed by atoms with E-state index >= 15 is 0 Å². The van der Waals surface area contributed by atoms with Crippen LogP contribution in [0.4, 0.5) is 16.4 Å². The maximum absolute atomic E-state index is 12.6. The van der Waals surface area contributed by atoms with Crippen LogP contribution in [0, 0.1) is 6.92 Å². The molecule has 1 saturated heterocycles. The van der Waals surface area contributed by atoms with Crippen molar-refractivity contribution in [3.63, 3.8) is 0 Å². The zero-order valence-corrected chi connectivity index (χ0v) is 14.6. The van der Waals surface area contributed by atoms with Gasteiger partial charge in [-0.05, 0) is 24.6 Å². The first-order valence-corrected chi connectivity index (χ1v) is 8.13. The van der Waals surface area contributed by atoms with Gasteiger partial charge in [0, 0.05) is 33.0 Å². The molecule has 8 heteroatoms. The summed E-state index contributed by atoms with van der Waals surface area (Å²) in [6, 6.07) is 3.53. The number of hydrogen-bond acceptors (Lipinski definition) is 6. The molecule has 8 nitrogen and oxygen atoms in total. The number of amides is 2. The predicted molar refractivity (Wildman–Crippen MR) is 94.6 cm³/mol. The van der Waals surface area contributed by atoms with Crippen LogP contribution < -0.4 is 10.2 Å². The Hall–Kier alpha value is -2.74. The van der Waals surface area contributed by atoms with Crippen LogP contribution in [0.1, 0.15) is 17.4 Å². The van der Waals surface area contributed by atoms with Gasteiger partial charge in [0.15, 0.2) is 0 Å². The molecule has 1 N–H and O–H groups in total. The minimum absolute atomic E-state index is 0.161. The highest BCUT2D eigenvalue weighted by Crippen LogP contribution is 2.22. The Balaban J connectivity index is 1.69. The molecule has 0 aromatic carbocycles. The van der Waals surface area contributed by atoms with Crippen molar-refractivity contribution in [3.8, 4) is 0 Å². The average molecular weight is 342 g/mol. The van der Waals surface area contributed by atoms with Crippen LogP contribution in [0.15, 0.2) is 30.7 Å². The van der Waals surface area contributed by atoms with E-state index in [4.69, 9.17) is 4.74 Å². The van der Waals surface area contributed by atoms with Crippen LogP contribution in [0.5, 0.6) is 0 Å². The van der Waals surface area contributed by atoms with Crippen molar-refractivity contribution in [2.24, 2.45) is 0 Å².